The summed E-state index contributed by atoms with van der Waals surface area (Å²) in [5.74, 6) is 5.22. The van der Waals surface area contributed by atoms with Crippen molar-refractivity contribution in [2.45, 2.75) is 83.5 Å². The minimum Gasteiger partial charge on any atom is -0.478 e. The normalized spacial score (nSPS) is 18.8. The number of halogens is 3. The van der Waals surface area contributed by atoms with E-state index < -0.39 is 0 Å². The standard InChI is InChI=1S/C59H51Cl3N9O3.Ir/c60-45-29-48-57-51(32-45)73-70-23-17-41-12-10-38-5-1-6-40-16-22-69-54(26-40)66-37-65(50-31-47(62)33-52(72-69)58(50)66)21-4-9-44-25-39(7-2-19-63(48)35-67(57)55(70)27-41)14-15-43(44)8-3-20-64-36-68-56-28-42(13-11-38)18-24-71(56)74-53-34-46(61)30-49(64)59(53)68;/h14-18,22-25,29-38H,1-13,19-21H2;/q-3;. The molecule has 0 fully saturated rings. The average Bonchev–Trinajstić information content (AvgIpc) is 4.17. The van der Waals surface area contributed by atoms with Gasteiger partial charge in [0.25, 0.3) is 0 Å². The summed E-state index contributed by atoms with van der Waals surface area (Å²) < 4.78 is 5.48. The zero-order valence-electron chi connectivity index (χ0n) is 41.0. The molecule has 0 N–H and O–H groups in total. The first kappa shape index (κ1) is 47.5. The molecule has 7 aromatic rings. The summed E-state index contributed by atoms with van der Waals surface area (Å²) in [5.41, 5.74) is 13.7. The van der Waals surface area contributed by atoms with Crippen LogP contribution in [0.1, 0.15) is 78.3 Å². The second-order valence-electron chi connectivity index (χ2n) is 20.7. The van der Waals surface area contributed by atoms with Gasteiger partial charge in [-0.15, -0.1) is 18.2 Å². The molecule has 1 atom stereocenters. The molecule has 75 heavy (non-hydrogen) atoms. The number of pyridine rings is 3. The first-order chi connectivity index (χ1) is 36.3. The predicted molar refractivity (Wildman–Crippen MR) is 285 cm³/mol. The summed E-state index contributed by atoms with van der Waals surface area (Å²) in [6.45, 7) is 9.08. The average molecular weight is 1230 g/mol. The van der Waals surface area contributed by atoms with Gasteiger partial charge in [-0.2, -0.15) is 18.2 Å². The van der Waals surface area contributed by atoms with Gasteiger partial charge in [-0.3, -0.25) is 14.5 Å². The third-order valence-corrected chi connectivity index (χ3v) is 16.6. The molecule has 10 aliphatic heterocycles. The van der Waals surface area contributed by atoms with Gasteiger partial charge in [-0.05, 0) is 112 Å². The Balaban J connectivity index is 0.00000516. The fourth-order valence-corrected chi connectivity index (χ4v) is 12.9. The van der Waals surface area contributed by atoms with Crippen molar-refractivity contribution >= 4 is 86.4 Å². The van der Waals surface area contributed by atoms with Crippen molar-refractivity contribution in [1.29, 1.82) is 0 Å². The van der Waals surface area contributed by atoms with E-state index >= 15 is 0 Å². The number of fused-ring (bicyclic) bond motifs is 5. The molecule has 0 amide bonds. The molecule has 0 aliphatic carbocycles. The Kier molecular flexibility index (Phi) is 12.0. The van der Waals surface area contributed by atoms with Gasteiger partial charge in [0.05, 0.1) is 35.7 Å². The van der Waals surface area contributed by atoms with Crippen LogP contribution in [-0.2, 0) is 58.6 Å². The van der Waals surface area contributed by atoms with E-state index in [4.69, 9.17) is 49.3 Å². The molecule has 0 saturated heterocycles. The molecular formula is C59H51Cl3IrN9O3-3. The van der Waals surface area contributed by atoms with E-state index in [0.717, 1.165) is 189 Å². The molecule has 10 aliphatic rings. The van der Waals surface area contributed by atoms with E-state index in [0.29, 0.717) is 21.0 Å². The summed E-state index contributed by atoms with van der Waals surface area (Å²) in [6.07, 6.45) is 18.4. The third-order valence-electron chi connectivity index (χ3n) is 16.0. The van der Waals surface area contributed by atoms with Gasteiger partial charge >= 0.3 is 0 Å². The number of nitrogens with zero attached hydrogens (tertiary/aromatic N) is 9. The Morgan fingerprint density at radius 2 is 0.880 bits per heavy atom. The van der Waals surface area contributed by atoms with E-state index in [9.17, 15) is 0 Å². The van der Waals surface area contributed by atoms with Crippen LogP contribution in [0.5, 0.6) is 17.2 Å². The van der Waals surface area contributed by atoms with Crippen LogP contribution in [0, 0.1) is 44.1 Å². The van der Waals surface area contributed by atoms with E-state index in [2.05, 4.69) is 122 Å². The molecule has 383 valence electrons. The van der Waals surface area contributed by atoms with E-state index in [1.807, 2.05) is 51.0 Å². The van der Waals surface area contributed by atoms with Gasteiger partial charge in [0.15, 0.2) is 17.1 Å². The predicted octanol–water partition coefficient (Wildman–Crippen LogP) is 11.3. The smallest absolute Gasteiger partial charge is 0.228 e. The van der Waals surface area contributed by atoms with Crippen molar-refractivity contribution in [3.8, 4) is 17.2 Å². The van der Waals surface area contributed by atoms with E-state index in [1.54, 1.807) is 0 Å². The van der Waals surface area contributed by atoms with Crippen LogP contribution in [0.3, 0.4) is 0 Å². The van der Waals surface area contributed by atoms with Gasteiger partial charge in [0.2, 0.25) is 34.7 Å². The van der Waals surface area contributed by atoms with Crippen molar-refractivity contribution in [1.82, 2.24) is 0 Å². The van der Waals surface area contributed by atoms with Crippen LogP contribution in [0.15, 0.2) is 91.4 Å². The SMILES string of the molecule is Clc1cc2c3c(c1)N1[CH-]N3c3[c-]c(cc[n+]3O2)CCC2CCCc3[c-]c4[n+](cc3)Oc3cc(Cl)cc5c3N4[CH-]N5CCCc3cc(ccc3CCCN3[CH-]N4c5c(cc(Cl)cc53)O[n+]3ccc([c-]c34)CC2)CCC1.[Ir]. The van der Waals surface area contributed by atoms with Gasteiger partial charge in [-0.25, -0.2) is 16.7 Å². The Bertz CT molecular complexity index is 3470. The number of rotatable bonds is 0. The van der Waals surface area contributed by atoms with Crippen molar-refractivity contribution in [3.63, 3.8) is 0 Å². The zero-order chi connectivity index (χ0) is 49.2. The molecule has 1 unspecified atom stereocenters. The van der Waals surface area contributed by atoms with Crippen LogP contribution in [0.2, 0.25) is 15.1 Å². The second kappa shape index (κ2) is 19.0. The van der Waals surface area contributed by atoms with Crippen molar-refractivity contribution < 1.29 is 48.8 Å². The maximum atomic E-state index is 6.83. The second-order valence-corrected chi connectivity index (χ2v) is 22.0. The minimum absolute atomic E-state index is 0. The molecule has 0 saturated carbocycles. The largest absolute Gasteiger partial charge is 0.478 e. The van der Waals surface area contributed by atoms with Crippen LogP contribution >= 0.6 is 34.8 Å². The first-order valence-electron chi connectivity index (χ1n) is 26.1. The number of hydrogen-bond acceptors (Lipinski definition) is 9. The summed E-state index contributed by atoms with van der Waals surface area (Å²) in [6, 6.07) is 37.0. The van der Waals surface area contributed by atoms with E-state index in [1.165, 1.54) is 16.7 Å². The van der Waals surface area contributed by atoms with Crippen molar-refractivity contribution in [2.24, 2.45) is 5.92 Å². The van der Waals surface area contributed by atoms with E-state index in [-0.39, 0.29) is 20.1 Å². The Morgan fingerprint density at radius 1 is 0.453 bits per heavy atom. The van der Waals surface area contributed by atoms with Gasteiger partial charge < -0.3 is 29.4 Å². The Hall–Kier alpha value is -5.95. The summed E-state index contributed by atoms with van der Waals surface area (Å²) in [7, 11) is 0. The molecular weight excluding hydrogens is 1180 g/mol. The number of anilines is 9. The Labute approximate surface area is 465 Å². The number of aryl methyl sites for hydroxylation is 6. The summed E-state index contributed by atoms with van der Waals surface area (Å²) in [5, 5.41) is 1.94. The van der Waals surface area contributed by atoms with Gasteiger partial charge in [0, 0.05) is 53.4 Å². The third kappa shape index (κ3) is 8.39. The maximum absolute atomic E-state index is 6.83. The molecule has 1 radical (unpaired) electrons. The topological polar surface area (TPSA) is 58.8 Å². The molecule has 0 spiro atoms. The quantitative estimate of drug-likeness (QED) is 0.109. The van der Waals surface area contributed by atoms with Crippen LogP contribution in [0.4, 0.5) is 51.6 Å². The first-order valence-corrected chi connectivity index (χ1v) is 27.2. The van der Waals surface area contributed by atoms with Crippen LogP contribution < -0.4 is 58.1 Å². The molecule has 16 bridgehead atoms. The summed E-state index contributed by atoms with van der Waals surface area (Å²) >= 11 is 20.5. The van der Waals surface area contributed by atoms with Gasteiger partial charge in [-0.1, -0.05) is 119 Å². The maximum Gasteiger partial charge on any atom is 0.228 e. The molecule has 4 aromatic carbocycles. The molecule has 17 rings (SSSR count). The van der Waals surface area contributed by atoms with Crippen LogP contribution in [0.25, 0.3) is 0 Å². The number of hydrogen-bond donors (Lipinski definition) is 0. The van der Waals surface area contributed by atoms with Gasteiger partial charge in [0.1, 0.15) is 0 Å². The fourth-order valence-electron chi connectivity index (χ4n) is 12.3. The van der Waals surface area contributed by atoms with Crippen molar-refractivity contribution in [2.75, 3.05) is 49.0 Å². The molecule has 12 nitrogen and oxygen atoms in total. The van der Waals surface area contributed by atoms with Crippen LogP contribution in [-0.4, -0.2) is 19.6 Å². The number of aromatic nitrogens is 3. The molecule has 13 heterocycles. The Morgan fingerprint density at radius 3 is 1.35 bits per heavy atom. The fraction of sp³-hybridized carbons (Fsp3) is 0.288. The monoisotopic (exact) mass is 1230 g/mol. The molecule has 16 heteroatoms. The minimum atomic E-state index is 0. The zero-order valence-corrected chi connectivity index (χ0v) is 45.7. The number of benzene rings is 4. The molecule has 3 aromatic heterocycles. The van der Waals surface area contributed by atoms with Crippen molar-refractivity contribution in [3.05, 3.63) is 178 Å². The summed E-state index contributed by atoms with van der Waals surface area (Å²) in [4.78, 5) is 33.3.